The molecular formula is C54H100O6. The average Bonchev–Trinajstić information content (AvgIpc) is 3.24. The van der Waals surface area contributed by atoms with Gasteiger partial charge in [0.05, 0.1) is 0 Å². The van der Waals surface area contributed by atoms with Gasteiger partial charge in [-0.15, -0.1) is 0 Å². The summed E-state index contributed by atoms with van der Waals surface area (Å²) in [6, 6.07) is 0. The number of carbonyl (C=O) groups excluding carboxylic acids is 3. The highest BCUT2D eigenvalue weighted by Gasteiger charge is 2.19. The average molecular weight is 845 g/mol. The van der Waals surface area contributed by atoms with Gasteiger partial charge in [0.25, 0.3) is 0 Å². The number of carbonyl (C=O) groups is 3. The summed E-state index contributed by atoms with van der Waals surface area (Å²) in [5, 5.41) is 0. The van der Waals surface area contributed by atoms with Crippen LogP contribution in [0, 0.1) is 0 Å². The van der Waals surface area contributed by atoms with Crippen LogP contribution < -0.4 is 0 Å². The van der Waals surface area contributed by atoms with E-state index in [1.807, 2.05) is 0 Å². The SMILES string of the molecule is CCCCC/C=C\C/C=C\CCCCCCCCCCCC(=O)OCC(COC(=O)CCCCCCCCCCCCC)OC(=O)CCCCCCCCCCCCCC. The molecule has 60 heavy (non-hydrogen) atoms. The Hall–Kier alpha value is -2.11. The molecule has 6 nitrogen and oxygen atoms in total. The summed E-state index contributed by atoms with van der Waals surface area (Å²) < 4.78 is 16.8. The Morgan fingerprint density at radius 2 is 0.600 bits per heavy atom. The van der Waals surface area contributed by atoms with Crippen molar-refractivity contribution in [3.8, 4) is 0 Å². The van der Waals surface area contributed by atoms with Gasteiger partial charge >= 0.3 is 17.9 Å². The minimum Gasteiger partial charge on any atom is -0.462 e. The largest absolute Gasteiger partial charge is 0.462 e. The summed E-state index contributed by atoms with van der Waals surface area (Å²) in [5.41, 5.74) is 0. The van der Waals surface area contributed by atoms with E-state index < -0.39 is 6.10 Å². The summed E-state index contributed by atoms with van der Waals surface area (Å²) in [4.78, 5) is 37.9. The van der Waals surface area contributed by atoms with E-state index in [4.69, 9.17) is 14.2 Å². The molecule has 0 heterocycles. The zero-order valence-electron chi connectivity index (χ0n) is 40.2. The summed E-state index contributed by atoms with van der Waals surface area (Å²) >= 11 is 0. The van der Waals surface area contributed by atoms with Crippen LogP contribution in [0.25, 0.3) is 0 Å². The molecule has 0 aromatic heterocycles. The van der Waals surface area contributed by atoms with Gasteiger partial charge < -0.3 is 14.2 Å². The third-order valence-corrected chi connectivity index (χ3v) is 11.7. The topological polar surface area (TPSA) is 78.9 Å². The zero-order valence-corrected chi connectivity index (χ0v) is 40.2. The molecule has 0 aromatic carbocycles. The first-order valence-electron chi connectivity index (χ1n) is 26.3. The maximum atomic E-state index is 12.8. The van der Waals surface area contributed by atoms with E-state index in [-0.39, 0.29) is 31.1 Å². The van der Waals surface area contributed by atoms with Gasteiger partial charge in [0.15, 0.2) is 6.10 Å². The van der Waals surface area contributed by atoms with Gasteiger partial charge in [0, 0.05) is 19.3 Å². The van der Waals surface area contributed by atoms with E-state index in [9.17, 15) is 14.4 Å². The van der Waals surface area contributed by atoms with Gasteiger partial charge in [-0.1, -0.05) is 238 Å². The lowest BCUT2D eigenvalue weighted by atomic mass is 10.0. The Morgan fingerprint density at radius 1 is 0.333 bits per heavy atom. The van der Waals surface area contributed by atoms with Crippen molar-refractivity contribution < 1.29 is 28.6 Å². The molecule has 0 radical (unpaired) electrons. The normalized spacial score (nSPS) is 12.1. The van der Waals surface area contributed by atoms with Crippen LogP contribution >= 0.6 is 0 Å². The van der Waals surface area contributed by atoms with Gasteiger partial charge in [-0.05, 0) is 51.4 Å². The van der Waals surface area contributed by atoms with Gasteiger partial charge in [-0.2, -0.15) is 0 Å². The fourth-order valence-corrected chi connectivity index (χ4v) is 7.71. The van der Waals surface area contributed by atoms with Gasteiger partial charge in [0.1, 0.15) is 13.2 Å². The minimum absolute atomic E-state index is 0.0676. The first kappa shape index (κ1) is 57.9. The maximum Gasteiger partial charge on any atom is 0.306 e. The van der Waals surface area contributed by atoms with Crippen molar-refractivity contribution in [3.05, 3.63) is 24.3 Å². The van der Waals surface area contributed by atoms with E-state index in [0.29, 0.717) is 19.3 Å². The first-order chi connectivity index (χ1) is 29.5. The molecular weight excluding hydrogens is 745 g/mol. The lowest BCUT2D eigenvalue weighted by Gasteiger charge is -2.18. The molecule has 0 saturated carbocycles. The summed E-state index contributed by atoms with van der Waals surface area (Å²) in [6.45, 7) is 6.63. The van der Waals surface area contributed by atoms with Crippen molar-refractivity contribution >= 4 is 17.9 Å². The highest BCUT2D eigenvalue weighted by atomic mass is 16.6. The van der Waals surface area contributed by atoms with Crippen LogP contribution in [-0.4, -0.2) is 37.2 Å². The third kappa shape index (κ3) is 46.9. The fraction of sp³-hybridized carbons (Fsp3) is 0.870. The van der Waals surface area contributed by atoms with Crippen LogP contribution in [0.2, 0.25) is 0 Å². The van der Waals surface area contributed by atoms with Gasteiger partial charge in [0.2, 0.25) is 0 Å². The van der Waals surface area contributed by atoms with Crippen LogP contribution in [-0.2, 0) is 28.6 Å². The van der Waals surface area contributed by atoms with Gasteiger partial charge in [-0.25, -0.2) is 0 Å². The molecule has 1 atom stereocenters. The van der Waals surface area contributed by atoms with Crippen LogP contribution in [0.15, 0.2) is 24.3 Å². The van der Waals surface area contributed by atoms with Crippen molar-refractivity contribution in [2.45, 2.75) is 290 Å². The number of esters is 3. The van der Waals surface area contributed by atoms with E-state index in [2.05, 4.69) is 45.1 Å². The van der Waals surface area contributed by atoms with Crippen LogP contribution in [0.4, 0.5) is 0 Å². The smallest absolute Gasteiger partial charge is 0.306 e. The van der Waals surface area contributed by atoms with Crippen molar-refractivity contribution in [2.24, 2.45) is 0 Å². The third-order valence-electron chi connectivity index (χ3n) is 11.7. The second-order valence-electron chi connectivity index (χ2n) is 17.8. The van der Waals surface area contributed by atoms with E-state index >= 15 is 0 Å². The molecule has 0 aromatic rings. The number of hydrogen-bond donors (Lipinski definition) is 0. The number of ether oxygens (including phenoxy) is 3. The highest BCUT2D eigenvalue weighted by Crippen LogP contribution is 2.16. The Labute approximate surface area is 373 Å². The number of rotatable bonds is 48. The fourth-order valence-electron chi connectivity index (χ4n) is 7.71. The predicted molar refractivity (Wildman–Crippen MR) is 256 cm³/mol. The Kier molecular flexibility index (Phi) is 47.8. The quantitative estimate of drug-likeness (QED) is 0.0263. The van der Waals surface area contributed by atoms with Gasteiger partial charge in [-0.3, -0.25) is 14.4 Å². The van der Waals surface area contributed by atoms with E-state index in [0.717, 1.165) is 64.2 Å². The van der Waals surface area contributed by atoms with E-state index in [1.165, 1.54) is 180 Å². The van der Waals surface area contributed by atoms with Crippen molar-refractivity contribution in [3.63, 3.8) is 0 Å². The Morgan fingerprint density at radius 3 is 0.950 bits per heavy atom. The van der Waals surface area contributed by atoms with Crippen LogP contribution in [0.1, 0.15) is 284 Å². The molecule has 0 spiro atoms. The molecule has 0 fully saturated rings. The summed E-state index contributed by atoms with van der Waals surface area (Å²) in [6.07, 6.45) is 55.9. The summed E-state index contributed by atoms with van der Waals surface area (Å²) in [7, 11) is 0. The van der Waals surface area contributed by atoms with Crippen LogP contribution in [0.5, 0.6) is 0 Å². The van der Waals surface area contributed by atoms with Crippen molar-refractivity contribution in [2.75, 3.05) is 13.2 Å². The van der Waals surface area contributed by atoms with Crippen molar-refractivity contribution in [1.29, 1.82) is 0 Å². The molecule has 0 amide bonds. The standard InChI is InChI=1S/C54H100O6/c1-4-7-10-13-16-19-22-24-25-26-27-28-29-30-33-35-38-41-44-47-53(56)59-50-51(49-58-52(55)46-43-40-37-34-31-21-18-15-12-9-6-3)60-54(57)48-45-42-39-36-32-23-20-17-14-11-8-5-2/h16,19,24-25,51H,4-15,17-18,20-23,26-50H2,1-3H3/b19-16-,25-24-. The van der Waals surface area contributed by atoms with Crippen molar-refractivity contribution in [1.82, 2.24) is 0 Å². The first-order valence-corrected chi connectivity index (χ1v) is 26.3. The molecule has 1 unspecified atom stereocenters. The molecule has 0 aliphatic heterocycles. The minimum atomic E-state index is -0.765. The molecule has 0 aliphatic rings. The molecule has 6 heteroatoms. The molecule has 352 valence electrons. The highest BCUT2D eigenvalue weighted by molar-refractivity contribution is 5.71. The molecule has 0 bridgehead atoms. The number of allylic oxidation sites excluding steroid dienone is 4. The zero-order chi connectivity index (χ0) is 43.7. The number of unbranched alkanes of at least 4 members (excludes halogenated alkanes) is 33. The molecule has 0 aliphatic carbocycles. The Bertz CT molecular complexity index is 973. The lowest BCUT2D eigenvalue weighted by Crippen LogP contribution is -2.30. The molecule has 0 rings (SSSR count). The predicted octanol–water partition coefficient (Wildman–Crippen LogP) is 17.2. The van der Waals surface area contributed by atoms with E-state index in [1.54, 1.807) is 0 Å². The molecule has 0 N–H and O–H groups in total. The molecule has 0 saturated heterocycles. The Balaban J connectivity index is 4.28. The second-order valence-corrected chi connectivity index (χ2v) is 17.8. The maximum absolute atomic E-state index is 12.8. The lowest BCUT2D eigenvalue weighted by molar-refractivity contribution is -0.167. The van der Waals surface area contributed by atoms with Crippen LogP contribution in [0.3, 0.4) is 0 Å². The number of hydrogen-bond acceptors (Lipinski definition) is 6. The second kappa shape index (κ2) is 49.5. The monoisotopic (exact) mass is 845 g/mol. The summed E-state index contributed by atoms with van der Waals surface area (Å²) in [5.74, 6) is -0.859.